The molecule has 0 aromatic heterocycles. The van der Waals surface area contributed by atoms with Crippen LogP contribution in [0.15, 0.2) is 152 Å². The van der Waals surface area contributed by atoms with Crippen LogP contribution in [-0.4, -0.2) is 11.9 Å². The van der Waals surface area contributed by atoms with E-state index in [-0.39, 0.29) is 36.2 Å². The van der Waals surface area contributed by atoms with Gasteiger partial charge in [-0.2, -0.15) is 0 Å². The highest BCUT2D eigenvalue weighted by Crippen LogP contribution is 2.60. The van der Waals surface area contributed by atoms with E-state index in [1.54, 1.807) is 0 Å². The minimum atomic E-state index is -1.87. The summed E-state index contributed by atoms with van der Waals surface area (Å²) < 4.78 is 13.9. The van der Waals surface area contributed by atoms with Gasteiger partial charge in [-0.15, -0.1) is 0 Å². The Hall–Kier alpha value is -2.82. The first-order valence-electron chi connectivity index (χ1n) is 15.3. The predicted octanol–water partition coefficient (Wildman–Crippen LogP) is 5.40. The molecule has 5 aromatic rings. The van der Waals surface area contributed by atoms with Gasteiger partial charge in [0.25, 0.3) is 0 Å². The molecule has 1 saturated carbocycles. The first-order chi connectivity index (χ1) is 20.8. The van der Waals surface area contributed by atoms with Crippen LogP contribution in [0.3, 0.4) is 0 Å². The molecule has 5 aromatic carbocycles. The average molecular weight is 697 g/mol. The van der Waals surface area contributed by atoms with Crippen molar-refractivity contribution in [1.29, 1.82) is 0 Å². The highest BCUT2D eigenvalue weighted by molar-refractivity contribution is 7.95. The van der Waals surface area contributed by atoms with Crippen LogP contribution in [0.4, 0.5) is 0 Å². The Kier molecular flexibility index (Phi) is 9.45. The van der Waals surface area contributed by atoms with Crippen LogP contribution < -0.4 is 39.9 Å². The van der Waals surface area contributed by atoms with Crippen molar-refractivity contribution in [1.82, 2.24) is 0 Å². The smallest absolute Gasteiger partial charge is 0.170 e. The highest BCUT2D eigenvalue weighted by atomic mass is 127. The summed E-state index contributed by atoms with van der Waals surface area (Å²) in [6, 6.07) is 55.0. The van der Waals surface area contributed by atoms with Crippen molar-refractivity contribution in [3.05, 3.63) is 163 Å². The Balaban J connectivity index is 0.00000329. The van der Waals surface area contributed by atoms with Crippen molar-refractivity contribution >= 4 is 23.2 Å². The molecule has 2 aliphatic rings. The van der Waals surface area contributed by atoms with Gasteiger partial charge in [-0.3, -0.25) is 0 Å². The summed E-state index contributed by atoms with van der Waals surface area (Å²) >= 11 is 0. The monoisotopic (exact) mass is 696 g/mol. The molecule has 1 heterocycles. The Morgan fingerprint density at radius 2 is 0.814 bits per heavy atom. The summed E-state index contributed by atoms with van der Waals surface area (Å²) in [7, 11) is -1.87. The summed E-state index contributed by atoms with van der Waals surface area (Å²) in [6.45, 7) is 0. The molecule has 4 heteroatoms. The van der Waals surface area contributed by atoms with Gasteiger partial charge in [0.2, 0.25) is 0 Å². The molecule has 7 rings (SSSR count). The molecule has 0 unspecified atom stereocenters. The maximum absolute atomic E-state index is 6.96. The summed E-state index contributed by atoms with van der Waals surface area (Å²) in [4.78, 5) is 0. The van der Waals surface area contributed by atoms with E-state index in [4.69, 9.17) is 9.47 Å². The molecular weight excluding hydrogens is 658 g/mol. The van der Waals surface area contributed by atoms with E-state index in [2.05, 4.69) is 152 Å². The van der Waals surface area contributed by atoms with Gasteiger partial charge in [-0.25, -0.2) is 0 Å². The normalized spacial score (nSPS) is 20.0. The van der Waals surface area contributed by atoms with E-state index >= 15 is 0 Å². The lowest BCUT2D eigenvalue weighted by atomic mass is 9.86. The number of hydrogen-bond donors (Lipinski definition) is 0. The molecule has 1 saturated heterocycles. The molecule has 1 spiro atoms. The second-order valence-electron chi connectivity index (χ2n) is 11.8. The molecule has 2 fully saturated rings. The van der Waals surface area contributed by atoms with E-state index in [9.17, 15) is 0 Å². The molecule has 43 heavy (non-hydrogen) atoms. The van der Waals surface area contributed by atoms with Gasteiger partial charge < -0.3 is 33.5 Å². The molecule has 0 N–H and O–H groups in total. The Morgan fingerprint density at radius 1 is 0.488 bits per heavy atom. The fraction of sp³-hybridized carbons (Fsp3) is 0.231. The SMILES string of the molecule is [I-].c1ccc([C@@H]2OC3(CCC(C[P+](c4ccccc4)(c4ccccc4)c4ccccc4)CC3)O[C@H]2c2ccccc2)cc1. The quantitative estimate of drug-likeness (QED) is 0.168. The lowest BCUT2D eigenvalue weighted by molar-refractivity contribution is -0.199. The van der Waals surface area contributed by atoms with Crippen molar-refractivity contribution in [3.8, 4) is 0 Å². The Labute approximate surface area is 273 Å². The van der Waals surface area contributed by atoms with Crippen molar-refractivity contribution in [3.63, 3.8) is 0 Å². The van der Waals surface area contributed by atoms with Gasteiger partial charge in [0.1, 0.15) is 35.4 Å². The third-order valence-corrected chi connectivity index (χ3v) is 13.8. The van der Waals surface area contributed by atoms with Crippen LogP contribution in [-0.2, 0) is 9.47 Å². The third kappa shape index (κ3) is 6.11. The van der Waals surface area contributed by atoms with Crippen LogP contribution in [0.5, 0.6) is 0 Å². The number of hydrogen-bond acceptors (Lipinski definition) is 2. The predicted molar refractivity (Wildman–Crippen MR) is 175 cm³/mol. The summed E-state index contributed by atoms with van der Waals surface area (Å²) in [5.74, 6) is 0.0490. The van der Waals surface area contributed by atoms with Crippen molar-refractivity contribution in [2.24, 2.45) is 5.92 Å². The first kappa shape index (κ1) is 30.2. The maximum atomic E-state index is 6.96. The van der Waals surface area contributed by atoms with Crippen LogP contribution >= 0.6 is 7.26 Å². The second kappa shape index (κ2) is 13.4. The maximum Gasteiger partial charge on any atom is 0.170 e. The van der Waals surface area contributed by atoms with Gasteiger partial charge in [0.15, 0.2) is 5.79 Å². The molecule has 1 aliphatic carbocycles. The summed E-state index contributed by atoms with van der Waals surface area (Å²) in [6.07, 6.45) is 4.98. The Bertz CT molecular complexity index is 1410. The van der Waals surface area contributed by atoms with Gasteiger partial charge >= 0.3 is 0 Å². The molecular formula is C39H38IO2P. The van der Waals surface area contributed by atoms with E-state index < -0.39 is 13.0 Å². The minimum Gasteiger partial charge on any atom is -1.00 e. The lowest BCUT2D eigenvalue weighted by Crippen LogP contribution is -3.00. The van der Waals surface area contributed by atoms with Gasteiger partial charge in [-0.05, 0) is 66.3 Å². The van der Waals surface area contributed by atoms with E-state index in [1.165, 1.54) is 27.0 Å². The van der Waals surface area contributed by atoms with Gasteiger partial charge in [0.05, 0.1) is 6.16 Å². The van der Waals surface area contributed by atoms with Crippen molar-refractivity contribution < 1.29 is 33.5 Å². The standard InChI is InChI=1S/C39H38O2P.HI/c1-6-16-32(17-7-1)37-38(33-18-8-2-9-19-33)41-39(40-37)28-26-31(27-29-39)30-42(34-20-10-3-11-21-34,35-22-12-4-13-23-35)36-24-14-5-15-25-36;/h1-25,31,37-38H,26-30H2;1H/q+1;/p-1/t37-,38-;/m0./s1. The second-order valence-corrected chi connectivity index (χ2v) is 15.3. The topological polar surface area (TPSA) is 18.5 Å². The zero-order chi connectivity index (χ0) is 28.2. The van der Waals surface area contributed by atoms with Crippen LogP contribution in [0, 0.1) is 5.92 Å². The molecule has 1 aliphatic heterocycles. The molecule has 2 nitrogen and oxygen atoms in total. The highest BCUT2D eigenvalue weighted by Gasteiger charge is 2.53. The molecule has 218 valence electrons. The van der Waals surface area contributed by atoms with E-state index in [0.29, 0.717) is 5.92 Å². The summed E-state index contributed by atoms with van der Waals surface area (Å²) in [5.41, 5.74) is 2.38. The largest absolute Gasteiger partial charge is 1.00 e. The molecule has 0 bridgehead atoms. The Morgan fingerprint density at radius 3 is 1.16 bits per heavy atom. The molecule has 0 amide bonds. The van der Waals surface area contributed by atoms with Gasteiger partial charge in [-0.1, -0.05) is 115 Å². The van der Waals surface area contributed by atoms with Crippen LogP contribution in [0.2, 0.25) is 0 Å². The van der Waals surface area contributed by atoms with Crippen LogP contribution in [0.1, 0.15) is 49.0 Å². The van der Waals surface area contributed by atoms with Gasteiger partial charge in [0, 0.05) is 12.8 Å². The van der Waals surface area contributed by atoms with E-state index in [0.717, 1.165) is 31.8 Å². The summed E-state index contributed by atoms with van der Waals surface area (Å²) in [5, 5.41) is 4.39. The average Bonchev–Trinajstić information content (AvgIpc) is 3.46. The molecule has 2 atom stereocenters. The zero-order valence-corrected chi connectivity index (χ0v) is 27.4. The van der Waals surface area contributed by atoms with Crippen LogP contribution in [0.25, 0.3) is 0 Å². The van der Waals surface area contributed by atoms with E-state index in [1.807, 2.05) is 0 Å². The lowest BCUT2D eigenvalue weighted by Gasteiger charge is -2.38. The minimum absolute atomic E-state index is 0. The van der Waals surface area contributed by atoms with Crippen molar-refractivity contribution in [2.45, 2.75) is 43.7 Å². The number of rotatable bonds is 7. The first-order valence-corrected chi connectivity index (χ1v) is 17.2. The third-order valence-electron chi connectivity index (χ3n) is 9.20. The number of halogens is 1. The fourth-order valence-electron chi connectivity index (χ4n) is 7.12. The van der Waals surface area contributed by atoms with Crippen molar-refractivity contribution in [2.75, 3.05) is 6.16 Å². The number of benzene rings is 5. The zero-order valence-electron chi connectivity index (χ0n) is 24.3. The number of ether oxygens (including phenoxy) is 2. The fourth-order valence-corrected chi connectivity index (χ4v) is 11.8. The molecule has 0 radical (unpaired) electrons.